The number of benzene rings is 1. The van der Waals surface area contributed by atoms with Crippen molar-refractivity contribution in [1.29, 1.82) is 0 Å². The van der Waals surface area contributed by atoms with E-state index >= 15 is 0 Å². The topological polar surface area (TPSA) is 27.7 Å². The van der Waals surface area contributed by atoms with Crippen LogP contribution < -0.4 is 4.74 Å². The fourth-order valence-corrected chi connectivity index (χ4v) is 1.43. The minimum Gasteiger partial charge on any atom is -0.494 e. The maximum atomic E-state index is 5.59. The molecule has 0 aromatic heterocycles. The Kier molecular flexibility index (Phi) is 8.91. The molecule has 1 aromatic rings. The summed E-state index contributed by atoms with van der Waals surface area (Å²) in [7, 11) is 1.66. The lowest BCUT2D eigenvalue weighted by Gasteiger charge is -2.06. The zero-order valence-corrected chi connectivity index (χ0v) is 11.9. The van der Waals surface area contributed by atoms with Gasteiger partial charge in [-0.05, 0) is 24.3 Å². The van der Waals surface area contributed by atoms with Gasteiger partial charge >= 0.3 is 0 Å². The van der Waals surface area contributed by atoms with Gasteiger partial charge in [0, 0.05) is 25.7 Å². The van der Waals surface area contributed by atoms with Crippen LogP contribution in [0.25, 0.3) is 0 Å². The highest BCUT2D eigenvalue weighted by molar-refractivity contribution is 6.19. The van der Waals surface area contributed by atoms with Crippen LogP contribution in [0, 0.1) is 11.8 Å². The zero-order valence-electron chi connectivity index (χ0n) is 11.2. The molecule has 3 nitrogen and oxygen atoms in total. The van der Waals surface area contributed by atoms with Crippen molar-refractivity contribution in [3.8, 4) is 17.6 Å². The van der Waals surface area contributed by atoms with E-state index < -0.39 is 0 Å². The van der Waals surface area contributed by atoms with Gasteiger partial charge in [-0.1, -0.05) is 11.8 Å². The quantitative estimate of drug-likeness (QED) is 0.417. The molecule has 0 N–H and O–H groups in total. The standard InChI is InChI=1S/C15H19ClO3/c1-17-12-13-18-10-3-11-19-15-7-5-14(6-8-15)4-2-9-16/h5-8H,3,9-13H2,1H3. The van der Waals surface area contributed by atoms with Crippen molar-refractivity contribution in [1.82, 2.24) is 0 Å². The first kappa shape index (κ1) is 15.8. The molecule has 0 spiro atoms. The molecular weight excluding hydrogens is 264 g/mol. The highest BCUT2D eigenvalue weighted by Crippen LogP contribution is 2.11. The third-order valence-electron chi connectivity index (χ3n) is 2.29. The lowest BCUT2D eigenvalue weighted by molar-refractivity contribution is 0.0644. The normalized spacial score (nSPS) is 9.79. The Balaban J connectivity index is 2.16. The predicted octanol–water partition coefficient (Wildman–Crippen LogP) is 2.71. The molecule has 0 fully saturated rings. The zero-order chi connectivity index (χ0) is 13.8. The summed E-state index contributed by atoms with van der Waals surface area (Å²) in [5, 5.41) is 0. The van der Waals surface area contributed by atoms with Crippen molar-refractivity contribution in [2.24, 2.45) is 0 Å². The van der Waals surface area contributed by atoms with Crippen LogP contribution in [0.5, 0.6) is 5.75 Å². The van der Waals surface area contributed by atoms with Gasteiger partial charge in [-0.3, -0.25) is 0 Å². The maximum Gasteiger partial charge on any atom is 0.119 e. The van der Waals surface area contributed by atoms with Gasteiger partial charge in [0.05, 0.1) is 25.7 Å². The molecule has 0 aliphatic carbocycles. The van der Waals surface area contributed by atoms with Gasteiger partial charge in [-0.25, -0.2) is 0 Å². The second-order valence-electron chi connectivity index (χ2n) is 3.77. The maximum absolute atomic E-state index is 5.59. The number of alkyl halides is 1. The van der Waals surface area contributed by atoms with Gasteiger partial charge in [0.2, 0.25) is 0 Å². The van der Waals surface area contributed by atoms with E-state index in [0.717, 1.165) is 17.7 Å². The molecule has 0 atom stereocenters. The largest absolute Gasteiger partial charge is 0.494 e. The Morgan fingerprint density at radius 1 is 1.05 bits per heavy atom. The monoisotopic (exact) mass is 282 g/mol. The predicted molar refractivity (Wildman–Crippen MR) is 76.8 cm³/mol. The number of ether oxygens (including phenoxy) is 3. The molecule has 104 valence electrons. The molecule has 4 heteroatoms. The van der Waals surface area contributed by atoms with Crippen molar-refractivity contribution >= 4 is 11.6 Å². The SMILES string of the molecule is COCCOCCCOc1ccc(C#CCCl)cc1. The summed E-state index contributed by atoms with van der Waals surface area (Å²) in [5.74, 6) is 6.95. The van der Waals surface area contributed by atoms with Gasteiger partial charge in [0.25, 0.3) is 0 Å². The molecule has 0 heterocycles. The number of methoxy groups -OCH3 is 1. The van der Waals surface area contributed by atoms with E-state index in [1.165, 1.54) is 0 Å². The van der Waals surface area contributed by atoms with Gasteiger partial charge in [0.1, 0.15) is 5.75 Å². The van der Waals surface area contributed by atoms with Crippen molar-refractivity contribution in [2.75, 3.05) is 39.4 Å². The fourth-order valence-electron chi connectivity index (χ4n) is 1.37. The summed E-state index contributed by atoms with van der Waals surface area (Å²) < 4.78 is 15.8. The van der Waals surface area contributed by atoms with E-state index in [1.54, 1.807) is 7.11 Å². The number of halogens is 1. The van der Waals surface area contributed by atoms with Gasteiger partial charge in [0.15, 0.2) is 0 Å². The van der Waals surface area contributed by atoms with E-state index in [1.807, 2.05) is 24.3 Å². The van der Waals surface area contributed by atoms with E-state index in [-0.39, 0.29) is 0 Å². The molecule has 0 aliphatic rings. The van der Waals surface area contributed by atoms with Gasteiger partial charge in [-0.15, -0.1) is 11.6 Å². The molecule has 1 aromatic carbocycles. The van der Waals surface area contributed by atoms with Gasteiger partial charge < -0.3 is 14.2 Å². The van der Waals surface area contributed by atoms with Crippen LogP contribution in [0.15, 0.2) is 24.3 Å². The Labute approximate surface area is 119 Å². The molecule has 0 radical (unpaired) electrons. The molecule has 0 aliphatic heterocycles. The van der Waals surface area contributed by atoms with Crippen LogP contribution in [0.4, 0.5) is 0 Å². The molecular formula is C15H19ClO3. The first-order chi connectivity index (χ1) is 9.36. The fraction of sp³-hybridized carbons (Fsp3) is 0.467. The van der Waals surface area contributed by atoms with E-state index in [0.29, 0.717) is 32.3 Å². The van der Waals surface area contributed by atoms with E-state index in [2.05, 4.69) is 11.8 Å². The second kappa shape index (κ2) is 10.7. The highest BCUT2D eigenvalue weighted by Gasteiger charge is 1.94. The summed E-state index contributed by atoms with van der Waals surface area (Å²) in [6, 6.07) is 7.65. The van der Waals surface area contributed by atoms with Crippen LogP contribution in [-0.2, 0) is 9.47 Å². The van der Waals surface area contributed by atoms with Crippen LogP contribution in [-0.4, -0.2) is 39.4 Å². The van der Waals surface area contributed by atoms with Crippen molar-refractivity contribution in [3.63, 3.8) is 0 Å². The number of rotatable bonds is 8. The number of hydrogen-bond donors (Lipinski definition) is 0. The molecule has 19 heavy (non-hydrogen) atoms. The van der Waals surface area contributed by atoms with Crippen molar-refractivity contribution < 1.29 is 14.2 Å². The van der Waals surface area contributed by atoms with Gasteiger partial charge in [-0.2, -0.15) is 0 Å². The smallest absolute Gasteiger partial charge is 0.119 e. The molecule has 0 bridgehead atoms. The van der Waals surface area contributed by atoms with Crippen LogP contribution in [0.1, 0.15) is 12.0 Å². The minimum absolute atomic E-state index is 0.349. The van der Waals surface area contributed by atoms with Crippen molar-refractivity contribution in [2.45, 2.75) is 6.42 Å². The van der Waals surface area contributed by atoms with Crippen LogP contribution >= 0.6 is 11.6 Å². The highest BCUT2D eigenvalue weighted by atomic mass is 35.5. The third-order valence-corrected chi connectivity index (χ3v) is 2.42. The Hall–Kier alpha value is -1.21. The Morgan fingerprint density at radius 2 is 1.84 bits per heavy atom. The summed E-state index contributed by atoms with van der Waals surface area (Å²) in [6.07, 6.45) is 0.859. The lowest BCUT2D eigenvalue weighted by Crippen LogP contribution is -2.06. The summed E-state index contributed by atoms with van der Waals surface area (Å²) >= 11 is 5.49. The molecule has 0 amide bonds. The van der Waals surface area contributed by atoms with Crippen LogP contribution in [0.2, 0.25) is 0 Å². The molecule has 0 saturated carbocycles. The van der Waals surface area contributed by atoms with Crippen LogP contribution in [0.3, 0.4) is 0 Å². The summed E-state index contributed by atoms with van der Waals surface area (Å²) in [6.45, 7) is 2.58. The van der Waals surface area contributed by atoms with E-state index in [9.17, 15) is 0 Å². The average molecular weight is 283 g/mol. The minimum atomic E-state index is 0.349. The van der Waals surface area contributed by atoms with Crippen molar-refractivity contribution in [3.05, 3.63) is 29.8 Å². The second-order valence-corrected chi connectivity index (χ2v) is 4.03. The molecule has 0 unspecified atom stereocenters. The Morgan fingerprint density at radius 3 is 2.53 bits per heavy atom. The third kappa shape index (κ3) is 7.74. The molecule has 0 saturated heterocycles. The first-order valence-electron chi connectivity index (χ1n) is 6.21. The Bertz CT molecular complexity index is 392. The summed E-state index contributed by atoms with van der Waals surface area (Å²) in [5.41, 5.74) is 0.941. The summed E-state index contributed by atoms with van der Waals surface area (Å²) in [4.78, 5) is 0. The number of hydrogen-bond acceptors (Lipinski definition) is 3. The first-order valence-corrected chi connectivity index (χ1v) is 6.74. The lowest BCUT2D eigenvalue weighted by atomic mass is 10.2. The average Bonchev–Trinajstić information content (AvgIpc) is 2.45. The molecule has 1 rings (SSSR count). The van der Waals surface area contributed by atoms with E-state index in [4.69, 9.17) is 25.8 Å².